The summed E-state index contributed by atoms with van der Waals surface area (Å²) in [4.78, 5) is 11.8. The molecule has 0 unspecified atom stereocenters. The van der Waals surface area contributed by atoms with Crippen LogP contribution in [0.1, 0.15) is 33.6 Å². The van der Waals surface area contributed by atoms with Crippen molar-refractivity contribution in [3.05, 3.63) is 11.8 Å². The van der Waals surface area contributed by atoms with E-state index in [2.05, 4.69) is 13.8 Å². The Morgan fingerprint density at radius 3 is 2.54 bits per heavy atom. The molecule has 1 aliphatic rings. The first-order chi connectivity index (χ1) is 6.07. The predicted octanol–water partition coefficient (Wildman–Crippen LogP) is 2.70. The van der Waals surface area contributed by atoms with Crippen LogP contribution in [-0.4, -0.2) is 10.9 Å². The minimum atomic E-state index is 0.120. The van der Waals surface area contributed by atoms with Crippen LogP contribution in [-0.2, 0) is 4.79 Å². The van der Waals surface area contributed by atoms with Gasteiger partial charge in [-0.2, -0.15) is 0 Å². The molecule has 2 atom stereocenters. The zero-order chi connectivity index (χ0) is 10.0. The molecule has 0 spiro atoms. The van der Waals surface area contributed by atoms with Crippen LogP contribution in [0, 0.1) is 17.8 Å². The van der Waals surface area contributed by atoms with Crippen molar-refractivity contribution in [2.75, 3.05) is 0 Å². The number of hydrogen-bond acceptors (Lipinski definition) is 2. The Kier molecular flexibility index (Phi) is 3.12. The van der Waals surface area contributed by atoms with E-state index in [-0.39, 0.29) is 17.6 Å². The molecule has 1 fully saturated rings. The summed E-state index contributed by atoms with van der Waals surface area (Å²) in [6.45, 7) is 6.12. The zero-order valence-corrected chi connectivity index (χ0v) is 8.58. The first-order valence-corrected chi connectivity index (χ1v) is 4.96. The molecular weight excluding hydrogens is 164 g/mol. The van der Waals surface area contributed by atoms with Gasteiger partial charge in [0.25, 0.3) is 0 Å². The summed E-state index contributed by atoms with van der Waals surface area (Å²) in [5, 5.41) is 8.95. The summed E-state index contributed by atoms with van der Waals surface area (Å²) in [6, 6.07) is 0. The maximum atomic E-state index is 11.8. The number of Topliss-reactive ketones (excluding diaryl/α,β-unsaturated/α-hetero) is 1. The highest BCUT2D eigenvalue weighted by molar-refractivity contribution is 5.98. The van der Waals surface area contributed by atoms with Crippen molar-refractivity contribution in [3.8, 4) is 0 Å². The maximum Gasteiger partial charge on any atom is 0.165 e. The number of hydrogen-bond donors (Lipinski definition) is 1. The summed E-state index contributed by atoms with van der Waals surface area (Å²) >= 11 is 0. The summed E-state index contributed by atoms with van der Waals surface area (Å²) in [5.74, 6) is 0.883. The highest BCUT2D eigenvalue weighted by Crippen LogP contribution is 2.33. The fraction of sp³-hybridized carbons (Fsp3) is 0.727. The molecule has 2 nitrogen and oxygen atoms in total. The number of carbonyl (C=O) groups excluding carboxylic acids is 1. The van der Waals surface area contributed by atoms with E-state index >= 15 is 0 Å². The number of ketones is 1. The van der Waals surface area contributed by atoms with E-state index in [0.717, 1.165) is 19.1 Å². The lowest BCUT2D eigenvalue weighted by Gasteiger charge is -2.29. The van der Waals surface area contributed by atoms with Gasteiger partial charge in [0.2, 0.25) is 0 Å². The fourth-order valence-corrected chi connectivity index (χ4v) is 2.00. The normalized spacial score (nSPS) is 32.9. The molecule has 0 aromatic rings. The Morgan fingerprint density at radius 2 is 2.08 bits per heavy atom. The summed E-state index contributed by atoms with van der Waals surface area (Å²) in [5.41, 5.74) is 0.616. The molecule has 0 aromatic carbocycles. The summed E-state index contributed by atoms with van der Waals surface area (Å²) in [6.07, 6.45) is 2.98. The lowest BCUT2D eigenvalue weighted by molar-refractivity contribution is -0.122. The molecule has 0 aliphatic heterocycles. The number of carbonyl (C=O) groups is 1. The maximum absolute atomic E-state index is 11.8. The van der Waals surface area contributed by atoms with Crippen LogP contribution < -0.4 is 0 Å². The molecule has 0 bridgehead atoms. The van der Waals surface area contributed by atoms with Crippen LogP contribution in [0.3, 0.4) is 0 Å². The van der Waals surface area contributed by atoms with Crippen LogP contribution in [0.4, 0.5) is 0 Å². The van der Waals surface area contributed by atoms with Gasteiger partial charge in [0.1, 0.15) is 0 Å². The molecule has 1 N–H and O–H groups in total. The van der Waals surface area contributed by atoms with Gasteiger partial charge in [-0.15, -0.1) is 0 Å². The molecule has 1 rings (SSSR count). The van der Waals surface area contributed by atoms with Gasteiger partial charge in [-0.05, 0) is 24.7 Å². The van der Waals surface area contributed by atoms with Crippen LogP contribution >= 0.6 is 0 Å². The number of aliphatic hydroxyl groups is 1. The van der Waals surface area contributed by atoms with Gasteiger partial charge in [-0.3, -0.25) is 4.79 Å². The minimum absolute atomic E-state index is 0.120. The van der Waals surface area contributed by atoms with Crippen LogP contribution in [0.15, 0.2) is 11.8 Å². The van der Waals surface area contributed by atoms with Crippen molar-refractivity contribution in [3.63, 3.8) is 0 Å². The lowest BCUT2D eigenvalue weighted by Crippen LogP contribution is -2.30. The first-order valence-electron chi connectivity index (χ1n) is 4.96. The smallest absolute Gasteiger partial charge is 0.165 e. The number of aliphatic hydroxyl groups excluding tert-OH is 1. The third-order valence-electron chi connectivity index (χ3n) is 3.01. The van der Waals surface area contributed by atoms with Crippen molar-refractivity contribution >= 4 is 5.78 Å². The van der Waals surface area contributed by atoms with E-state index in [0.29, 0.717) is 11.5 Å². The van der Waals surface area contributed by atoms with Crippen molar-refractivity contribution < 1.29 is 9.90 Å². The molecule has 1 aliphatic carbocycles. The van der Waals surface area contributed by atoms with Crippen molar-refractivity contribution in [2.24, 2.45) is 17.8 Å². The largest absolute Gasteiger partial charge is 0.515 e. The number of rotatable bonds is 1. The molecule has 0 heterocycles. The zero-order valence-electron chi connectivity index (χ0n) is 8.58. The standard InChI is InChI=1S/C11H18O2/c1-7(2)9-5-4-8(3)10(6-12)11(9)13/h6-9,12H,4-5H2,1-3H3/t8-,9-/m0/s1. The second kappa shape index (κ2) is 3.95. The van der Waals surface area contributed by atoms with Gasteiger partial charge >= 0.3 is 0 Å². The molecule has 0 radical (unpaired) electrons. The second-order valence-electron chi connectivity index (χ2n) is 4.28. The average molecular weight is 182 g/mol. The SMILES string of the molecule is CC(C)[C@@H]1CC[C@H](C)C(=CO)C1=O. The molecular formula is C11H18O2. The van der Waals surface area contributed by atoms with Crippen LogP contribution in [0.25, 0.3) is 0 Å². The highest BCUT2D eigenvalue weighted by atomic mass is 16.2. The van der Waals surface area contributed by atoms with Gasteiger partial charge < -0.3 is 5.11 Å². The fourth-order valence-electron chi connectivity index (χ4n) is 2.00. The third-order valence-corrected chi connectivity index (χ3v) is 3.01. The Hall–Kier alpha value is -0.790. The van der Waals surface area contributed by atoms with Gasteiger partial charge in [0.05, 0.1) is 6.26 Å². The Balaban J connectivity index is 2.82. The van der Waals surface area contributed by atoms with E-state index in [9.17, 15) is 4.79 Å². The van der Waals surface area contributed by atoms with E-state index in [1.54, 1.807) is 0 Å². The Morgan fingerprint density at radius 1 is 1.46 bits per heavy atom. The quantitative estimate of drug-likeness (QED) is 0.500. The molecule has 0 amide bonds. The molecule has 2 heteroatoms. The van der Waals surface area contributed by atoms with Crippen LogP contribution in [0.2, 0.25) is 0 Å². The average Bonchev–Trinajstić information content (AvgIpc) is 2.04. The predicted molar refractivity (Wildman–Crippen MR) is 52.4 cm³/mol. The van der Waals surface area contributed by atoms with E-state index in [4.69, 9.17) is 5.11 Å². The van der Waals surface area contributed by atoms with E-state index in [1.165, 1.54) is 0 Å². The topological polar surface area (TPSA) is 37.3 Å². The highest BCUT2D eigenvalue weighted by Gasteiger charge is 2.32. The van der Waals surface area contributed by atoms with Crippen molar-refractivity contribution in [1.82, 2.24) is 0 Å². The van der Waals surface area contributed by atoms with Gasteiger partial charge in [-0.1, -0.05) is 20.8 Å². The lowest BCUT2D eigenvalue weighted by atomic mass is 9.74. The van der Waals surface area contributed by atoms with Gasteiger partial charge in [0, 0.05) is 11.5 Å². The second-order valence-corrected chi connectivity index (χ2v) is 4.28. The van der Waals surface area contributed by atoms with Crippen molar-refractivity contribution in [2.45, 2.75) is 33.6 Å². The molecule has 0 aromatic heterocycles. The van der Waals surface area contributed by atoms with Crippen LogP contribution in [0.5, 0.6) is 0 Å². The third kappa shape index (κ3) is 1.93. The Labute approximate surface area is 79.6 Å². The molecule has 0 saturated heterocycles. The van der Waals surface area contributed by atoms with E-state index < -0.39 is 0 Å². The molecule has 74 valence electrons. The Bertz CT molecular complexity index is 228. The summed E-state index contributed by atoms with van der Waals surface area (Å²) in [7, 11) is 0. The first kappa shape index (κ1) is 10.3. The number of allylic oxidation sites excluding steroid dienone is 1. The van der Waals surface area contributed by atoms with Gasteiger partial charge in [-0.25, -0.2) is 0 Å². The molecule has 13 heavy (non-hydrogen) atoms. The summed E-state index contributed by atoms with van der Waals surface area (Å²) < 4.78 is 0. The van der Waals surface area contributed by atoms with Gasteiger partial charge in [0.15, 0.2) is 5.78 Å². The monoisotopic (exact) mass is 182 g/mol. The van der Waals surface area contributed by atoms with E-state index in [1.807, 2.05) is 6.92 Å². The van der Waals surface area contributed by atoms with Crippen molar-refractivity contribution in [1.29, 1.82) is 0 Å². The molecule has 1 saturated carbocycles. The minimum Gasteiger partial charge on any atom is -0.515 e.